The van der Waals surface area contributed by atoms with Crippen LogP contribution in [-0.4, -0.2) is 10.8 Å². The molecule has 0 aliphatic heterocycles. The zero-order chi connectivity index (χ0) is 5.15. The summed E-state index contributed by atoms with van der Waals surface area (Å²) < 4.78 is 0. The third kappa shape index (κ3) is 6.55. The zero-order valence-electron chi connectivity index (χ0n) is 4.27. The predicted molar refractivity (Wildman–Crippen MR) is 23.4 cm³/mol. The van der Waals surface area contributed by atoms with Crippen molar-refractivity contribution in [2.75, 3.05) is 0 Å². The Balaban J connectivity index is 0. The summed E-state index contributed by atoms with van der Waals surface area (Å²) in [5, 5.41) is 9.54. The van der Waals surface area contributed by atoms with Gasteiger partial charge in [-0.15, -0.1) is 0 Å². The molecular weight excluding hydrogens is 155 g/mol. The average Bonchev–Trinajstić information content (AvgIpc) is 1.36. The van der Waals surface area contributed by atoms with E-state index in [1.54, 1.807) is 0 Å². The molecule has 0 aliphatic rings. The van der Waals surface area contributed by atoms with Gasteiger partial charge in [0.15, 0.2) is 0 Å². The molecule has 0 aromatic heterocycles. The minimum atomic E-state index is -1.07. The molecule has 0 fully saturated rings. The minimum Gasteiger partial charge on any atom is -0.549 e. The van der Waals surface area contributed by atoms with Crippen molar-refractivity contribution in [2.45, 2.75) is 11.8 Å². The molecule has 0 saturated carbocycles. The van der Waals surface area contributed by atoms with E-state index < -0.39 is 10.8 Å². The molecule has 1 unspecified atom stereocenters. The second-order valence-electron chi connectivity index (χ2n) is 0.935. The van der Waals surface area contributed by atoms with Crippen LogP contribution in [0.15, 0.2) is 0 Å². The van der Waals surface area contributed by atoms with Gasteiger partial charge in [0.25, 0.3) is 0 Å². The van der Waals surface area contributed by atoms with Crippen LogP contribution < -0.4 is 24.0 Å². The number of carbonyl (C=O) groups is 1. The Labute approximate surface area is 62.6 Å². The van der Waals surface area contributed by atoms with Gasteiger partial charge in [0.05, 0.1) is 10.8 Å². The van der Waals surface area contributed by atoms with Crippen molar-refractivity contribution in [3.8, 4) is 0 Å². The van der Waals surface area contributed by atoms with Crippen LogP contribution in [0.5, 0.6) is 0 Å². The molecular formula is C3H4BrLiO2. The molecule has 36 valence electrons. The standard InChI is InChI=1S/C3H5BrO2.Li/c1-2(4)3(5)6;/h2H,1H3,(H,5,6);/q;+1/p-1. The zero-order valence-corrected chi connectivity index (χ0v) is 5.86. The molecule has 0 amide bonds. The first-order chi connectivity index (χ1) is 2.64. The summed E-state index contributed by atoms with van der Waals surface area (Å²) in [5.41, 5.74) is 0. The Morgan fingerprint density at radius 1 is 1.86 bits per heavy atom. The largest absolute Gasteiger partial charge is 1.00 e. The van der Waals surface area contributed by atoms with Gasteiger partial charge < -0.3 is 9.90 Å². The fourth-order valence-electron chi connectivity index (χ4n) is 0. The first-order valence-electron chi connectivity index (χ1n) is 1.49. The first-order valence-corrected chi connectivity index (χ1v) is 2.41. The topological polar surface area (TPSA) is 40.1 Å². The number of rotatable bonds is 1. The number of carboxylic acids is 1. The van der Waals surface area contributed by atoms with Crippen molar-refractivity contribution in [2.24, 2.45) is 0 Å². The molecule has 0 bridgehead atoms. The number of hydrogen-bond acceptors (Lipinski definition) is 2. The molecule has 0 rings (SSSR count). The summed E-state index contributed by atoms with van der Waals surface area (Å²) in [6, 6.07) is 0. The van der Waals surface area contributed by atoms with Crippen LogP contribution >= 0.6 is 15.9 Å². The molecule has 0 aromatic rings. The van der Waals surface area contributed by atoms with Gasteiger partial charge in [-0.25, -0.2) is 0 Å². The van der Waals surface area contributed by atoms with Crippen molar-refractivity contribution in [3.63, 3.8) is 0 Å². The third-order valence-corrected chi connectivity index (χ3v) is 0.699. The van der Waals surface area contributed by atoms with Crippen molar-refractivity contribution >= 4 is 21.9 Å². The van der Waals surface area contributed by atoms with E-state index in [4.69, 9.17) is 0 Å². The van der Waals surface area contributed by atoms with Crippen LogP contribution in [0.1, 0.15) is 6.92 Å². The van der Waals surface area contributed by atoms with E-state index in [9.17, 15) is 9.90 Å². The normalized spacial score (nSPS) is 11.7. The second kappa shape index (κ2) is 4.70. The van der Waals surface area contributed by atoms with Gasteiger partial charge in [-0.2, -0.15) is 0 Å². The van der Waals surface area contributed by atoms with Gasteiger partial charge in [0.1, 0.15) is 0 Å². The number of aliphatic carboxylic acids is 1. The summed E-state index contributed by atoms with van der Waals surface area (Å²) in [6.45, 7) is 1.50. The van der Waals surface area contributed by atoms with Gasteiger partial charge >= 0.3 is 18.9 Å². The second-order valence-corrected chi connectivity index (χ2v) is 2.31. The van der Waals surface area contributed by atoms with Crippen LogP contribution in [0.3, 0.4) is 0 Å². The first kappa shape index (κ1) is 10.5. The Kier molecular flexibility index (Phi) is 7.06. The van der Waals surface area contributed by atoms with Gasteiger partial charge in [-0.3, -0.25) is 0 Å². The van der Waals surface area contributed by atoms with Gasteiger partial charge in [-0.1, -0.05) is 15.9 Å². The fraction of sp³-hybridized carbons (Fsp3) is 0.667. The van der Waals surface area contributed by atoms with Crippen LogP contribution in [0.2, 0.25) is 0 Å². The van der Waals surface area contributed by atoms with E-state index in [2.05, 4.69) is 15.9 Å². The SMILES string of the molecule is CC(Br)C(=O)[O-].[Li+]. The molecule has 1 atom stereocenters. The quantitative estimate of drug-likeness (QED) is 0.294. The van der Waals surface area contributed by atoms with E-state index in [-0.39, 0.29) is 18.9 Å². The molecule has 0 heterocycles. The van der Waals surface area contributed by atoms with Gasteiger partial charge in [-0.05, 0) is 6.92 Å². The van der Waals surface area contributed by atoms with Crippen LogP contribution in [0, 0.1) is 0 Å². The molecule has 0 aromatic carbocycles. The molecule has 0 aliphatic carbocycles. The Hall–Kier alpha value is 0.547. The minimum absolute atomic E-state index is 0. The van der Waals surface area contributed by atoms with Gasteiger partial charge in [0.2, 0.25) is 0 Å². The van der Waals surface area contributed by atoms with E-state index in [0.717, 1.165) is 0 Å². The Bertz CT molecular complexity index is 64.0. The molecule has 0 N–H and O–H groups in total. The molecule has 7 heavy (non-hydrogen) atoms. The molecule has 4 heteroatoms. The van der Waals surface area contributed by atoms with Crippen molar-refractivity contribution in [3.05, 3.63) is 0 Å². The number of halogens is 1. The summed E-state index contributed by atoms with van der Waals surface area (Å²) in [5.74, 6) is -1.07. The molecule has 0 spiro atoms. The van der Waals surface area contributed by atoms with Crippen molar-refractivity contribution in [1.82, 2.24) is 0 Å². The van der Waals surface area contributed by atoms with Crippen LogP contribution in [0.25, 0.3) is 0 Å². The molecule has 2 nitrogen and oxygen atoms in total. The van der Waals surface area contributed by atoms with E-state index in [1.165, 1.54) is 6.92 Å². The molecule has 0 radical (unpaired) electrons. The predicted octanol–water partition coefficient (Wildman–Crippen LogP) is -3.48. The summed E-state index contributed by atoms with van der Waals surface area (Å²) in [7, 11) is 0. The smallest absolute Gasteiger partial charge is 0.549 e. The van der Waals surface area contributed by atoms with Crippen LogP contribution in [0.4, 0.5) is 0 Å². The fourth-order valence-corrected chi connectivity index (χ4v) is 0. The van der Waals surface area contributed by atoms with Gasteiger partial charge in [0, 0.05) is 0 Å². The third-order valence-electron chi connectivity index (χ3n) is 0.325. The monoisotopic (exact) mass is 158 g/mol. The summed E-state index contributed by atoms with van der Waals surface area (Å²) in [6.07, 6.45) is 0. The number of carbonyl (C=O) groups excluding carboxylic acids is 1. The maximum absolute atomic E-state index is 9.54. The van der Waals surface area contributed by atoms with E-state index in [1.807, 2.05) is 0 Å². The average molecular weight is 159 g/mol. The Morgan fingerprint density at radius 3 is 2.00 bits per heavy atom. The maximum atomic E-state index is 9.54. The number of alkyl halides is 1. The molecule has 0 saturated heterocycles. The summed E-state index contributed by atoms with van der Waals surface area (Å²) >= 11 is 2.78. The van der Waals surface area contributed by atoms with E-state index in [0.29, 0.717) is 0 Å². The van der Waals surface area contributed by atoms with Crippen molar-refractivity contribution in [1.29, 1.82) is 0 Å². The maximum Gasteiger partial charge on any atom is 1.00 e. The Morgan fingerprint density at radius 2 is 2.00 bits per heavy atom. The van der Waals surface area contributed by atoms with E-state index >= 15 is 0 Å². The summed E-state index contributed by atoms with van der Waals surface area (Å²) in [4.78, 5) is 9.01. The van der Waals surface area contributed by atoms with Crippen molar-refractivity contribution < 1.29 is 28.8 Å². The number of hydrogen-bond donors (Lipinski definition) is 0. The number of carboxylic acid groups (broad SMARTS) is 1. The van der Waals surface area contributed by atoms with Crippen LogP contribution in [-0.2, 0) is 4.79 Å².